The highest BCUT2D eigenvalue weighted by Crippen LogP contribution is 2.39. The van der Waals surface area contributed by atoms with Crippen molar-refractivity contribution >= 4 is 35.0 Å². The molecule has 0 saturated heterocycles. The highest BCUT2D eigenvalue weighted by Gasteiger charge is 2.13. The number of carbonyl (C=O) groups is 1. The van der Waals surface area contributed by atoms with Gasteiger partial charge in [0.15, 0.2) is 34.5 Å². The highest BCUT2D eigenvalue weighted by molar-refractivity contribution is 14.1. The smallest absolute Gasteiger partial charge is 0.246 e. The minimum atomic E-state index is -0.0479. The molecule has 128 valence electrons. The van der Waals surface area contributed by atoms with Crippen LogP contribution in [-0.4, -0.2) is 52.2 Å². The van der Waals surface area contributed by atoms with Crippen LogP contribution < -0.4 is 17.9 Å². The second-order valence-electron chi connectivity index (χ2n) is 4.88. The van der Waals surface area contributed by atoms with E-state index in [1.165, 1.54) is 6.08 Å². The number of halogens is 1. The van der Waals surface area contributed by atoms with Gasteiger partial charge in [0.05, 0.1) is 14.2 Å². The van der Waals surface area contributed by atoms with Crippen molar-refractivity contribution in [2.24, 2.45) is 0 Å². The number of carbonyl (C=O) groups excluding carboxylic acids is 1. The summed E-state index contributed by atoms with van der Waals surface area (Å²) in [6.07, 6.45) is 4.19. The lowest BCUT2D eigenvalue weighted by Gasteiger charge is -2.15. The lowest BCUT2D eigenvalue weighted by Crippen LogP contribution is -2.27. The first-order valence-electron chi connectivity index (χ1n) is 7.19. The summed E-state index contributed by atoms with van der Waals surface area (Å²) in [4.78, 5) is 13.8. The number of hydrogen-bond donors (Lipinski definition) is 1. The molecule has 1 aromatic carbocycles. The molecule has 1 N–H and O–H groups in total. The van der Waals surface area contributed by atoms with Crippen LogP contribution in [0.25, 0.3) is 6.08 Å². The maximum absolute atomic E-state index is 12.1. The topological polar surface area (TPSA) is 60.0 Å². The van der Waals surface area contributed by atoms with Crippen LogP contribution in [0.1, 0.15) is 12.0 Å². The van der Waals surface area contributed by atoms with Crippen LogP contribution >= 0.6 is 23.0 Å². The maximum atomic E-state index is 12.1. The summed E-state index contributed by atoms with van der Waals surface area (Å²) in [7, 11) is 6.80. The Labute approximate surface area is 151 Å². The second-order valence-corrected chi connectivity index (χ2v) is 5.32. The van der Waals surface area contributed by atoms with Crippen LogP contribution in [0.3, 0.4) is 0 Å². The van der Waals surface area contributed by atoms with Crippen molar-refractivity contribution in [2.75, 3.05) is 41.4 Å². The Bertz CT molecular complexity index is 524. The highest BCUT2D eigenvalue weighted by atomic mass is 127. The Morgan fingerprint density at radius 3 is 2.39 bits per heavy atom. The largest absolute Gasteiger partial charge is 0.493 e. The molecular formula is C16H23IN2O4. The van der Waals surface area contributed by atoms with Gasteiger partial charge in [-0.1, -0.05) is 0 Å². The number of ether oxygens (including phenoxy) is 2. The van der Waals surface area contributed by atoms with E-state index in [4.69, 9.17) is 12.5 Å². The van der Waals surface area contributed by atoms with Gasteiger partial charge in [-0.25, -0.2) is 0 Å². The van der Waals surface area contributed by atoms with Crippen molar-refractivity contribution in [3.63, 3.8) is 0 Å². The molecule has 0 aromatic heterocycles. The maximum Gasteiger partial charge on any atom is 0.246 e. The van der Waals surface area contributed by atoms with Gasteiger partial charge in [-0.15, -0.1) is 0 Å². The van der Waals surface area contributed by atoms with Crippen LogP contribution in [0, 0.1) is 0 Å². The van der Waals surface area contributed by atoms with Gasteiger partial charge in [-0.3, -0.25) is 4.79 Å². The summed E-state index contributed by atoms with van der Waals surface area (Å²) in [5.74, 6) is 1.57. The molecule has 1 rings (SSSR count). The molecule has 23 heavy (non-hydrogen) atoms. The quantitative estimate of drug-likeness (QED) is 0.368. The van der Waals surface area contributed by atoms with E-state index in [9.17, 15) is 4.79 Å². The van der Waals surface area contributed by atoms with Gasteiger partial charge in [0.2, 0.25) is 11.7 Å². The van der Waals surface area contributed by atoms with E-state index in [0.717, 1.165) is 18.5 Å². The summed E-state index contributed by atoms with van der Waals surface area (Å²) < 4.78 is 15.8. The molecule has 6 nitrogen and oxygen atoms in total. The van der Waals surface area contributed by atoms with Crippen molar-refractivity contribution in [1.82, 2.24) is 10.2 Å². The lowest BCUT2D eigenvalue weighted by molar-refractivity contribution is -0.124. The SMILES string of the molecule is CNCCCN(C)C(=O)/C=C/c1cc(OC)c(OI)c(OC)c1. The molecular weight excluding hydrogens is 411 g/mol. The zero-order valence-corrected chi connectivity index (χ0v) is 16.0. The zero-order valence-electron chi connectivity index (χ0n) is 13.9. The fraction of sp³-hybridized carbons (Fsp3) is 0.438. The Balaban J connectivity index is 2.85. The molecule has 0 radical (unpaired) electrons. The third-order valence-corrected chi connectivity index (χ3v) is 3.72. The number of likely N-dealkylation sites (N-methyl/N-ethyl adjacent to an activating group) is 1. The first-order chi connectivity index (χ1) is 11.1. The van der Waals surface area contributed by atoms with Crippen molar-refractivity contribution in [3.05, 3.63) is 23.8 Å². The third-order valence-electron chi connectivity index (χ3n) is 3.27. The minimum absolute atomic E-state index is 0.0479. The van der Waals surface area contributed by atoms with Gasteiger partial charge >= 0.3 is 0 Å². The van der Waals surface area contributed by atoms with E-state index in [2.05, 4.69) is 5.32 Å². The molecule has 0 spiro atoms. The fourth-order valence-corrected chi connectivity index (χ4v) is 2.40. The summed E-state index contributed by atoms with van der Waals surface area (Å²) >= 11 is 1.78. The molecule has 1 aromatic rings. The minimum Gasteiger partial charge on any atom is -0.493 e. The Morgan fingerprint density at radius 1 is 1.30 bits per heavy atom. The second kappa shape index (κ2) is 10.3. The first-order valence-corrected chi connectivity index (χ1v) is 8.07. The average molecular weight is 434 g/mol. The monoisotopic (exact) mass is 434 g/mol. The Hall–Kier alpha value is -1.48. The van der Waals surface area contributed by atoms with E-state index in [0.29, 0.717) is 23.8 Å². The molecule has 1 amide bonds. The number of nitrogens with one attached hydrogen (secondary N) is 1. The first kappa shape index (κ1) is 19.6. The molecule has 7 heteroatoms. The van der Waals surface area contributed by atoms with E-state index in [1.54, 1.807) is 67.4 Å². The molecule has 0 aliphatic rings. The predicted molar refractivity (Wildman–Crippen MR) is 99.4 cm³/mol. The molecule has 0 fully saturated rings. The number of nitrogens with zero attached hydrogens (tertiary/aromatic N) is 1. The Kier molecular flexibility index (Phi) is 8.78. The molecule has 0 saturated carbocycles. The summed E-state index contributed by atoms with van der Waals surface area (Å²) in [5, 5.41) is 3.06. The van der Waals surface area contributed by atoms with Gasteiger partial charge in [0.1, 0.15) is 0 Å². The molecule has 0 bridgehead atoms. The van der Waals surface area contributed by atoms with Crippen molar-refractivity contribution < 1.29 is 17.3 Å². The lowest BCUT2D eigenvalue weighted by atomic mass is 10.1. The van der Waals surface area contributed by atoms with Crippen LogP contribution in [-0.2, 0) is 4.79 Å². The van der Waals surface area contributed by atoms with Crippen molar-refractivity contribution in [2.45, 2.75) is 6.42 Å². The molecule has 0 aliphatic heterocycles. The average Bonchev–Trinajstić information content (AvgIpc) is 2.58. The zero-order chi connectivity index (χ0) is 17.2. The molecule has 0 aliphatic carbocycles. The van der Waals surface area contributed by atoms with Gasteiger partial charge < -0.3 is 22.8 Å². The number of amides is 1. The van der Waals surface area contributed by atoms with Crippen LogP contribution in [0.2, 0.25) is 0 Å². The van der Waals surface area contributed by atoms with Gasteiger partial charge in [-0.2, -0.15) is 0 Å². The molecule has 0 heterocycles. The number of rotatable bonds is 9. The summed E-state index contributed by atoms with van der Waals surface area (Å²) in [6.45, 7) is 1.59. The summed E-state index contributed by atoms with van der Waals surface area (Å²) in [5.41, 5.74) is 0.799. The van der Waals surface area contributed by atoms with Crippen LogP contribution in [0.4, 0.5) is 0 Å². The standard InChI is InChI=1S/C16H23IN2O4/c1-18-8-5-9-19(2)15(20)7-6-12-10-13(21-3)16(23-17)14(11-12)22-4/h6-7,10-11,18H,5,8-9H2,1-4H3/b7-6+. The number of benzene rings is 1. The van der Waals surface area contributed by atoms with Gasteiger partial charge in [0.25, 0.3) is 0 Å². The van der Waals surface area contributed by atoms with Crippen LogP contribution in [0.5, 0.6) is 17.2 Å². The van der Waals surface area contributed by atoms with Gasteiger partial charge in [0, 0.05) is 19.7 Å². The van der Waals surface area contributed by atoms with Crippen molar-refractivity contribution in [3.8, 4) is 17.2 Å². The fourth-order valence-electron chi connectivity index (χ4n) is 1.97. The van der Waals surface area contributed by atoms with Gasteiger partial charge in [-0.05, 0) is 43.8 Å². The summed E-state index contributed by atoms with van der Waals surface area (Å²) in [6, 6.07) is 3.59. The normalized spacial score (nSPS) is 10.7. The number of hydrogen-bond acceptors (Lipinski definition) is 5. The van der Waals surface area contributed by atoms with E-state index in [-0.39, 0.29) is 5.91 Å². The van der Waals surface area contributed by atoms with E-state index >= 15 is 0 Å². The third kappa shape index (κ3) is 5.91. The van der Waals surface area contributed by atoms with E-state index < -0.39 is 0 Å². The number of methoxy groups -OCH3 is 2. The van der Waals surface area contributed by atoms with E-state index in [1.807, 2.05) is 7.05 Å². The van der Waals surface area contributed by atoms with Crippen molar-refractivity contribution in [1.29, 1.82) is 0 Å². The predicted octanol–water partition coefficient (Wildman–Crippen LogP) is 2.51. The van der Waals surface area contributed by atoms with Crippen LogP contribution in [0.15, 0.2) is 18.2 Å². The molecule has 0 unspecified atom stereocenters. The molecule has 0 atom stereocenters. The Morgan fingerprint density at radius 2 is 1.91 bits per heavy atom.